The summed E-state index contributed by atoms with van der Waals surface area (Å²) in [6.07, 6.45) is 0. The maximum absolute atomic E-state index is 13.9. The van der Waals surface area contributed by atoms with Gasteiger partial charge in [0.25, 0.3) is 0 Å². The predicted octanol–water partition coefficient (Wildman–Crippen LogP) is 3.06. The van der Waals surface area contributed by atoms with Crippen LogP contribution >= 0.6 is 0 Å². The van der Waals surface area contributed by atoms with Crippen LogP contribution in [0.3, 0.4) is 0 Å². The average molecular weight is 241 g/mol. The van der Waals surface area contributed by atoms with Crippen molar-refractivity contribution in [1.82, 2.24) is 9.55 Å². The lowest BCUT2D eigenvalue weighted by Gasteiger charge is -2.07. The Labute approximate surface area is 104 Å². The Morgan fingerprint density at radius 2 is 1.94 bits per heavy atom. The second kappa shape index (κ2) is 3.84. The average Bonchev–Trinajstić information content (AvgIpc) is 2.65. The summed E-state index contributed by atoms with van der Waals surface area (Å²) in [7, 11) is 0. The Bertz CT molecular complexity index is 731. The molecule has 18 heavy (non-hydrogen) atoms. The fourth-order valence-corrected chi connectivity index (χ4v) is 2.15. The van der Waals surface area contributed by atoms with Gasteiger partial charge in [0.2, 0.25) is 0 Å². The van der Waals surface area contributed by atoms with Crippen molar-refractivity contribution < 1.29 is 4.39 Å². The van der Waals surface area contributed by atoms with Crippen LogP contribution < -0.4 is 5.73 Å². The molecule has 0 saturated heterocycles. The van der Waals surface area contributed by atoms with E-state index in [4.69, 9.17) is 5.73 Å². The van der Waals surface area contributed by atoms with Crippen LogP contribution in [0.2, 0.25) is 0 Å². The van der Waals surface area contributed by atoms with Crippen molar-refractivity contribution in [3.8, 4) is 5.69 Å². The van der Waals surface area contributed by atoms with Gasteiger partial charge in [0, 0.05) is 5.69 Å². The molecule has 0 saturated carbocycles. The quantitative estimate of drug-likeness (QED) is 0.665. The smallest absolute Gasteiger partial charge is 0.147 e. The largest absolute Gasteiger partial charge is 0.399 e. The number of aromatic nitrogens is 2. The molecule has 1 heterocycles. The zero-order chi connectivity index (χ0) is 12.7. The molecule has 0 aliphatic carbocycles. The highest BCUT2D eigenvalue weighted by atomic mass is 19.1. The van der Waals surface area contributed by atoms with E-state index in [1.54, 1.807) is 34.9 Å². The number of aryl methyl sites for hydroxylation is 1. The highest BCUT2D eigenvalue weighted by Crippen LogP contribution is 2.24. The number of benzene rings is 2. The van der Waals surface area contributed by atoms with Crippen molar-refractivity contribution in [3.05, 3.63) is 54.1 Å². The molecule has 2 aromatic carbocycles. The van der Waals surface area contributed by atoms with E-state index >= 15 is 0 Å². The SMILES string of the molecule is Cc1nc2cc(N)ccc2n1-c1ccccc1F. The van der Waals surface area contributed by atoms with Crippen LogP contribution in [0.25, 0.3) is 16.7 Å². The van der Waals surface area contributed by atoms with E-state index in [-0.39, 0.29) is 5.82 Å². The van der Waals surface area contributed by atoms with Gasteiger partial charge >= 0.3 is 0 Å². The molecule has 1 aromatic heterocycles. The van der Waals surface area contributed by atoms with Gasteiger partial charge in [0.1, 0.15) is 11.6 Å². The maximum Gasteiger partial charge on any atom is 0.147 e. The monoisotopic (exact) mass is 241 g/mol. The predicted molar refractivity (Wildman–Crippen MR) is 70.2 cm³/mol. The third kappa shape index (κ3) is 1.54. The number of nitrogen functional groups attached to an aromatic ring is 1. The zero-order valence-corrected chi connectivity index (χ0v) is 9.89. The summed E-state index contributed by atoms with van der Waals surface area (Å²) in [6.45, 7) is 1.85. The van der Waals surface area contributed by atoms with Gasteiger partial charge in [-0.05, 0) is 37.3 Å². The van der Waals surface area contributed by atoms with Crippen molar-refractivity contribution in [2.24, 2.45) is 0 Å². The summed E-state index contributed by atoms with van der Waals surface area (Å²) in [5, 5.41) is 0. The van der Waals surface area contributed by atoms with Gasteiger partial charge in [-0.2, -0.15) is 0 Å². The summed E-state index contributed by atoms with van der Waals surface area (Å²) < 4.78 is 15.7. The second-order valence-corrected chi connectivity index (χ2v) is 4.19. The molecule has 4 heteroatoms. The Hall–Kier alpha value is -2.36. The van der Waals surface area contributed by atoms with E-state index in [9.17, 15) is 4.39 Å². The molecule has 0 fully saturated rings. The molecule has 3 nitrogen and oxygen atoms in total. The van der Waals surface area contributed by atoms with Crippen molar-refractivity contribution in [2.75, 3.05) is 5.73 Å². The first-order valence-electron chi connectivity index (χ1n) is 5.66. The minimum Gasteiger partial charge on any atom is -0.399 e. The van der Waals surface area contributed by atoms with Crippen LogP contribution in [-0.4, -0.2) is 9.55 Å². The molecule has 0 aliphatic rings. The van der Waals surface area contributed by atoms with E-state index in [0.717, 1.165) is 16.9 Å². The number of hydrogen-bond donors (Lipinski definition) is 1. The van der Waals surface area contributed by atoms with E-state index < -0.39 is 0 Å². The zero-order valence-electron chi connectivity index (χ0n) is 9.89. The Balaban J connectivity index is 2.36. The third-order valence-electron chi connectivity index (χ3n) is 2.94. The van der Waals surface area contributed by atoms with Crippen molar-refractivity contribution in [3.63, 3.8) is 0 Å². The van der Waals surface area contributed by atoms with Gasteiger partial charge in [-0.15, -0.1) is 0 Å². The molecule has 0 amide bonds. The van der Waals surface area contributed by atoms with Gasteiger partial charge in [-0.1, -0.05) is 12.1 Å². The molecule has 0 spiro atoms. The number of rotatable bonds is 1. The molecule has 90 valence electrons. The van der Waals surface area contributed by atoms with Crippen LogP contribution in [0.15, 0.2) is 42.5 Å². The van der Waals surface area contributed by atoms with Gasteiger partial charge in [-0.25, -0.2) is 9.37 Å². The minimum absolute atomic E-state index is 0.267. The number of imidazole rings is 1. The Morgan fingerprint density at radius 3 is 2.72 bits per heavy atom. The normalized spacial score (nSPS) is 11.0. The minimum atomic E-state index is -0.267. The molecular weight excluding hydrogens is 229 g/mol. The number of halogens is 1. The first kappa shape index (κ1) is 10.8. The van der Waals surface area contributed by atoms with Crippen molar-refractivity contribution in [2.45, 2.75) is 6.92 Å². The van der Waals surface area contributed by atoms with E-state index in [2.05, 4.69) is 4.98 Å². The number of fused-ring (bicyclic) bond motifs is 1. The molecule has 3 aromatic rings. The summed E-state index contributed by atoms with van der Waals surface area (Å²) in [5.41, 5.74) is 8.51. The van der Waals surface area contributed by atoms with Gasteiger partial charge < -0.3 is 5.73 Å². The number of nitrogens with zero attached hydrogens (tertiary/aromatic N) is 2. The molecule has 0 atom stereocenters. The van der Waals surface area contributed by atoms with Crippen molar-refractivity contribution >= 4 is 16.7 Å². The highest BCUT2D eigenvalue weighted by molar-refractivity contribution is 5.81. The Kier molecular flexibility index (Phi) is 2.30. The number of hydrogen-bond acceptors (Lipinski definition) is 2. The second-order valence-electron chi connectivity index (χ2n) is 4.19. The van der Waals surface area contributed by atoms with Crippen LogP contribution in [0.1, 0.15) is 5.82 Å². The van der Waals surface area contributed by atoms with Crippen molar-refractivity contribution in [1.29, 1.82) is 0 Å². The molecular formula is C14H12FN3. The highest BCUT2D eigenvalue weighted by Gasteiger charge is 2.12. The van der Waals surface area contributed by atoms with E-state index in [1.165, 1.54) is 6.07 Å². The summed E-state index contributed by atoms with van der Waals surface area (Å²) in [4.78, 5) is 4.41. The van der Waals surface area contributed by atoms with E-state index in [0.29, 0.717) is 11.4 Å². The van der Waals surface area contributed by atoms with Gasteiger partial charge in [0.15, 0.2) is 0 Å². The fourth-order valence-electron chi connectivity index (χ4n) is 2.15. The molecule has 3 rings (SSSR count). The molecule has 0 aliphatic heterocycles. The first-order chi connectivity index (χ1) is 8.66. The molecule has 0 unspecified atom stereocenters. The molecule has 2 N–H and O–H groups in total. The number of para-hydroxylation sites is 1. The van der Waals surface area contributed by atoms with Crippen LogP contribution in [0.4, 0.5) is 10.1 Å². The lowest BCUT2D eigenvalue weighted by atomic mass is 10.2. The van der Waals surface area contributed by atoms with E-state index in [1.807, 2.05) is 13.0 Å². The topological polar surface area (TPSA) is 43.8 Å². The summed E-state index contributed by atoms with van der Waals surface area (Å²) in [6, 6.07) is 12.1. The third-order valence-corrected chi connectivity index (χ3v) is 2.94. The first-order valence-corrected chi connectivity index (χ1v) is 5.66. The Morgan fingerprint density at radius 1 is 1.17 bits per heavy atom. The standard InChI is InChI=1S/C14H12FN3/c1-9-17-12-8-10(16)6-7-14(12)18(9)13-5-3-2-4-11(13)15/h2-8H,16H2,1H3. The van der Waals surface area contributed by atoms with Gasteiger partial charge in [0.05, 0.1) is 16.7 Å². The number of anilines is 1. The van der Waals surface area contributed by atoms with Crippen LogP contribution in [0, 0.1) is 12.7 Å². The van der Waals surface area contributed by atoms with Crippen LogP contribution in [0.5, 0.6) is 0 Å². The lowest BCUT2D eigenvalue weighted by molar-refractivity contribution is 0.618. The fraction of sp³-hybridized carbons (Fsp3) is 0.0714. The van der Waals surface area contributed by atoms with Gasteiger partial charge in [-0.3, -0.25) is 4.57 Å². The lowest BCUT2D eigenvalue weighted by Crippen LogP contribution is -1.99. The maximum atomic E-state index is 13.9. The van der Waals surface area contributed by atoms with Crippen LogP contribution in [-0.2, 0) is 0 Å². The summed E-state index contributed by atoms with van der Waals surface area (Å²) >= 11 is 0. The molecule has 0 radical (unpaired) electrons. The molecule has 0 bridgehead atoms. The summed E-state index contributed by atoms with van der Waals surface area (Å²) in [5.74, 6) is 0.470. The number of nitrogens with two attached hydrogens (primary N) is 1.